The number of fused-ring (bicyclic) bond motifs is 3. The van der Waals surface area contributed by atoms with E-state index in [1.165, 1.54) is 41.2 Å². The number of benzene rings is 1. The Morgan fingerprint density at radius 1 is 1.18 bits per heavy atom. The number of rotatable bonds is 7. The summed E-state index contributed by atoms with van der Waals surface area (Å²) in [6, 6.07) is 8.90. The maximum absolute atomic E-state index is 11.5. The Morgan fingerprint density at radius 3 is 2.68 bits per heavy atom. The van der Waals surface area contributed by atoms with E-state index in [1.54, 1.807) is 0 Å². The van der Waals surface area contributed by atoms with Crippen molar-refractivity contribution in [1.82, 2.24) is 9.47 Å². The van der Waals surface area contributed by atoms with Crippen molar-refractivity contribution in [2.24, 2.45) is 5.73 Å². The molecule has 5 heteroatoms. The van der Waals surface area contributed by atoms with Crippen LogP contribution >= 0.6 is 0 Å². The van der Waals surface area contributed by atoms with Crippen molar-refractivity contribution in [3.05, 3.63) is 35.6 Å². The van der Waals surface area contributed by atoms with E-state index in [1.807, 2.05) is 0 Å². The molecule has 1 unspecified atom stereocenters. The number of hydrogen-bond acceptors (Lipinski definition) is 3. The van der Waals surface area contributed by atoms with Crippen molar-refractivity contribution < 1.29 is 9.21 Å². The maximum atomic E-state index is 11.5. The third-order valence-corrected chi connectivity index (χ3v) is 5.98. The molecule has 3 heterocycles. The number of primary amides is 1. The molecule has 0 saturated carbocycles. The zero-order valence-electron chi connectivity index (χ0n) is 17.0. The minimum Gasteiger partial charge on any atom is -0.457 e. The molecule has 1 fully saturated rings. The largest absolute Gasteiger partial charge is 0.457 e. The fourth-order valence-corrected chi connectivity index (χ4v) is 4.62. The van der Waals surface area contributed by atoms with Gasteiger partial charge in [-0.25, -0.2) is 0 Å². The molecule has 0 radical (unpaired) electrons. The van der Waals surface area contributed by atoms with E-state index in [9.17, 15) is 4.79 Å². The molecule has 5 nitrogen and oxygen atoms in total. The SMILES string of the molecule is CCCn1c2cc(C)ccc2c2oc(C(CCC(N)=O)N3CCCCC3)cc21. The highest BCUT2D eigenvalue weighted by Gasteiger charge is 2.27. The minimum absolute atomic E-state index is 0.121. The van der Waals surface area contributed by atoms with Gasteiger partial charge in [0.05, 0.1) is 17.1 Å². The molecule has 150 valence electrons. The lowest BCUT2D eigenvalue weighted by Gasteiger charge is -2.33. The van der Waals surface area contributed by atoms with Gasteiger partial charge in [0.1, 0.15) is 5.76 Å². The van der Waals surface area contributed by atoms with Gasteiger partial charge in [0.2, 0.25) is 5.91 Å². The standard InChI is InChI=1S/C23H31N3O2/c1-3-11-26-19-14-16(2)7-8-17(19)23-20(26)15-21(28-23)18(9-10-22(24)27)25-12-5-4-6-13-25/h7-8,14-15,18H,3-6,9-13H2,1-2H3,(H2,24,27). The van der Waals surface area contributed by atoms with Crippen LogP contribution < -0.4 is 5.73 Å². The van der Waals surface area contributed by atoms with Gasteiger partial charge in [-0.1, -0.05) is 19.4 Å². The smallest absolute Gasteiger partial charge is 0.217 e. The Balaban J connectivity index is 1.79. The van der Waals surface area contributed by atoms with E-state index >= 15 is 0 Å². The Kier molecular flexibility index (Phi) is 5.44. The molecule has 3 aromatic rings. The summed E-state index contributed by atoms with van der Waals surface area (Å²) < 4.78 is 8.86. The molecular formula is C23H31N3O2. The van der Waals surface area contributed by atoms with Crippen molar-refractivity contribution in [3.8, 4) is 0 Å². The highest BCUT2D eigenvalue weighted by molar-refractivity contribution is 6.05. The van der Waals surface area contributed by atoms with Gasteiger partial charge in [0.15, 0.2) is 5.58 Å². The molecule has 2 N–H and O–H groups in total. The van der Waals surface area contributed by atoms with Crippen molar-refractivity contribution in [2.75, 3.05) is 13.1 Å². The van der Waals surface area contributed by atoms with Gasteiger partial charge in [-0.3, -0.25) is 9.69 Å². The molecule has 0 spiro atoms. The summed E-state index contributed by atoms with van der Waals surface area (Å²) in [6.07, 6.45) is 5.88. The Morgan fingerprint density at radius 2 is 1.96 bits per heavy atom. The Bertz CT molecular complexity index is 979. The second-order valence-electron chi connectivity index (χ2n) is 8.15. The van der Waals surface area contributed by atoms with E-state index in [0.717, 1.165) is 43.8 Å². The van der Waals surface area contributed by atoms with Crippen LogP contribution in [-0.4, -0.2) is 28.5 Å². The molecule has 2 aromatic heterocycles. The van der Waals surface area contributed by atoms with Crippen LogP contribution in [-0.2, 0) is 11.3 Å². The Labute approximate surface area is 166 Å². The fourth-order valence-electron chi connectivity index (χ4n) is 4.62. The highest BCUT2D eigenvalue weighted by Crippen LogP contribution is 2.37. The van der Waals surface area contributed by atoms with Crippen LogP contribution in [0, 0.1) is 6.92 Å². The normalized spacial score (nSPS) is 16.8. The number of aryl methyl sites for hydroxylation is 2. The quantitative estimate of drug-likeness (QED) is 0.633. The van der Waals surface area contributed by atoms with Gasteiger partial charge in [0, 0.05) is 24.4 Å². The maximum Gasteiger partial charge on any atom is 0.217 e. The van der Waals surface area contributed by atoms with Gasteiger partial charge < -0.3 is 14.7 Å². The van der Waals surface area contributed by atoms with Crippen LogP contribution in [0.25, 0.3) is 22.0 Å². The average Bonchev–Trinajstić information content (AvgIpc) is 3.21. The molecule has 0 aliphatic carbocycles. The number of carbonyl (C=O) groups is 1. The summed E-state index contributed by atoms with van der Waals surface area (Å²) in [4.78, 5) is 13.9. The molecule has 1 saturated heterocycles. The summed E-state index contributed by atoms with van der Waals surface area (Å²) in [6.45, 7) is 7.43. The first-order chi connectivity index (χ1) is 13.6. The number of carbonyl (C=O) groups excluding carboxylic acids is 1. The van der Waals surface area contributed by atoms with Crippen molar-refractivity contribution >= 4 is 27.9 Å². The average molecular weight is 382 g/mol. The number of amides is 1. The third kappa shape index (κ3) is 3.55. The van der Waals surface area contributed by atoms with Gasteiger partial charge in [0.25, 0.3) is 0 Å². The lowest BCUT2D eigenvalue weighted by Crippen LogP contribution is -2.34. The van der Waals surface area contributed by atoms with Gasteiger partial charge >= 0.3 is 0 Å². The predicted octanol–water partition coefficient (Wildman–Crippen LogP) is 4.90. The third-order valence-electron chi connectivity index (χ3n) is 5.98. The number of aromatic nitrogens is 1. The van der Waals surface area contributed by atoms with Crippen LogP contribution in [0.1, 0.15) is 62.8 Å². The number of nitrogens with zero attached hydrogens (tertiary/aromatic N) is 2. The number of hydrogen-bond donors (Lipinski definition) is 1. The summed E-state index contributed by atoms with van der Waals surface area (Å²) >= 11 is 0. The van der Waals surface area contributed by atoms with E-state index in [-0.39, 0.29) is 11.9 Å². The van der Waals surface area contributed by atoms with Crippen LogP contribution in [0.15, 0.2) is 28.7 Å². The van der Waals surface area contributed by atoms with Gasteiger partial charge in [-0.2, -0.15) is 0 Å². The second kappa shape index (κ2) is 8.00. The van der Waals surface area contributed by atoms with Crippen LogP contribution in [0.5, 0.6) is 0 Å². The second-order valence-corrected chi connectivity index (χ2v) is 8.15. The first-order valence-corrected chi connectivity index (χ1v) is 10.6. The first-order valence-electron chi connectivity index (χ1n) is 10.6. The van der Waals surface area contributed by atoms with Gasteiger partial charge in [-0.05, 0) is 63.4 Å². The predicted molar refractivity (Wildman–Crippen MR) is 113 cm³/mol. The first kappa shape index (κ1) is 19.1. The molecule has 1 atom stereocenters. The number of nitrogens with two attached hydrogens (primary N) is 1. The monoisotopic (exact) mass is 381 g/mol. The number of piperidine rings is 1. The van der Waals surface area contributed by atoms with Crippen molar-refractivity contribution in [3.63, 3.8) is 0 Å². The molecule has 1 aliphatic heterocycles. The summed E-state index contributed by atoms with van der Waals surface area (Å²) in [5, 5.41) is 1.17. The van der Waals surface area contributed by atoms with Crippen LogP contribution in [0.4, 0.5) is 0 Å². The van der Waals surface area contributed by atoms with E-state index in [4.69, 9.17) is 10.2 Å². The minimum atomic E-state index is -0.241. The lowest BCUT2D eigenvalue weighted by molar-refractivity contribution is -0.118. The van der Waals surface area contributed by atoms with Crippen molar-refractivity contribution in [2.45, 2.75) is 65.0 Å². The molecule has 1 aromatic carbocycles. The van der Waals surface area contributed by atoms with Gasteiger partial charge in [-0.15, -0.1) is 0 Å². The van der Waals surface area contributed by atoms with E-state index in [0.29, 0.717) is 6.42 Å². The highest BCUT2D eigenvalue weighted by atomic mass is 16.3. The summed E-state index contributed by atoms with van der Waals surface area (Å²) in [7, 11) is 0. The zero-order valence-corrected chi connectivity index (χ0v) is 17.0. The molecule has 28 heavy (non-hydrogen) atoms. The molecule has 1 amide bonds. The molecule has 0 bridgehead atoms. The number of likely N-dealkylation sites (tertiary alicyclic amines) is 1. The molecular weight excluding hydrogens is 350 g/mol. The van der Waals surface area contributed by atoms with Crippen LogP contribution in [0.3, 0.4) is 0 Å². The molecule has 1 aliphatic rings. The lowest BCUT2D eigenvalue weighted by atomic mass is 10.0. The van der Waals surface area contributed by atoms with E-state index < -0.39 is 0 Å². The van der Waals surface area contributed by atoms with E-state index in [2.05, 4.69) is 47.6 Å². The topological polar surface area (TPSA) is 64.4 Å². The zero-order chi connectivity index (χ0) is 19.7. The number of furan rings is 1. The summed E-state index contributed by atoms with van der Waals surface area (Å²) in [5.74, 6) is 0.731. The molecule has 4 rings (SSSR count). The van der Waals surface area contributed by atoms with Crippen LogP contribution in [0.2, 0.25) is 0 Å². The van der Waals surface area contributed by atoms with Crippen molar-refractivity contribution in [1.29, 1.82) is 0 Å². The Hall–Kier alpha value is -2.27. The fraction of sp³-hybridized carbons (Fsp3) is 0.522. The summed E-state index contributed by atoms with van der Waals surface area (Å²) in [5.41, 5.74) is 10.1.